The first-order valence-corrected chi connectivity index (χ1v) is 10.4. The predicted molar refractivity (Wildman–Crippen MR) is 105 cm³/mol. The van der Waals surface area contributed by atoms with Crippen LogP contribution < -0.4 is 0 Å². The van der Waals surface area contributed by atoms with Crippen molar-refractivity contribution < 1.29 is 9.53 Å². The van der Waals surface area contributed by atoms with Crippen LogP contribution in [-0.4, -0.2) is 37.1 Å². The Morgan fingerprint density at radius 2 is 2.00 bits per heavy atom. The fourth-order valence-electron chi connectivity index (χ4n) is 4.60. The summed E-state index contributed by atoms with van der Waals surface area (Å²) >= 11 is 3.57. The number of hydrogen-bond donors (Lipinski definition) is 0. The average Bonchev–Trinajstić information content (AvgIpc) is 3.11. The maximum Gasteiger partial charge on any atom is 0.316 e. The maximum atomic E-state index is 13.4. The van der Waals surface area contributed by atoms with Crippen LogP contribution in [0, 0.1) is 11.8 Å². The lowest BCUT2D eigenvalue weighted by molar-refractivity contribution is -0.163. The van der Waals surface area contributed by atoms with E-state index >= 15 is 0 Å². The lowest BCUT2D eigenvalue weighted by Gasteiger charge is -2.39. The second-order valence-electron chi connectivity index (χ2n) is 8.17. The molecule has 1 saturated heterocycles. The summed E-state index contributed by atoms with van der Waals surface area (Å²) in [5.41, 5.74) is 0.531. The number of halogens is 1. The van der Waals surface area contributed by atoms with Gasteiger partial charge in [0.2, 0.25) is 0 Å². The highest BCUT2D eigenvalue weighted by Gasteiger charge is 2.46. The summed E-state index contributed by atoms with van der Waals surface area (Å²) in [6.07, 6.45) is 5.62. The molecule has 0 N–H and O–H groups in total. The minimum Gasteiger partial charge on any atom is -0.461 e. The second-order valence-corrected chi connectivity index (χ2v) is 9.08. The molecule has 0 bridgehead atoms. The van der Waals surface area contributed by atoms with Gasteiger partial charge >= 0.3 is 5.97 Å². The van der Waals surface area contributed by atoms with Gasteiger partial charge in [-0.3, -0.25) is 4.79 Å². The van der Waals surface area contributed by atoms with Crippen molar-refractivity contribution in [1.82, 2.24) is 4.90 Å². The number of hydrogen-bond acceptors (Lipinski definition) is 3. The van der Waals surface area contributed by atoms with Gasteiger partial charge in [0, 0.05) is 23.5 Å². The van der Waals surface area contributed by atoms with Gasteiger partial charge in [0.1, 0.15) is 6.10 Å². The van der Waals surface area contributed by atoms with Crippen LogP contribution in [0.25, 0.3) is 0 Å². The van der Waals surface area contributed by atoms with Gasteiger partial charge < -0.3 is 9.64 Å². The number of esters is 1. The van der Waals surface area contributed by atoms with E-state index in [-0.39, 0.29) is 12.1 Å². The smallest absolute Gasteiger partial charge is 0.316 e. The molecule has 0 aromatic heterocycles. The van der Waals surface area contributed by atoms with Crippen molar-refractivity contribution in [2.24, 2.45) is 11.8 Å². The molecule has 1 saturated carbocycles. The highest BCUT2D eigenvalue weighted by Crippen LogP contribution is 2.44. The Morgan fingerprint density at radius 1 is 1.28 bits per heavy atom. The van der Waals surface area contributed by atoms with Crippen LogP contribution in [0.5, 0.6) is 0 Å². The molecule has 3 atom stereocenters. The van der Waals surface area contributed by atoms with E-state index in [4.69, 9.17) is 4.74 Å². The number of benzene rings is 1. The minimum absolute atomic E-state index is 0.0288. The second kappa shape index (κ2) is 7.79. The van der Waals surface area contributed by atoms with Crippen LogP contribution in [0.1, 0.15) is 51.5 Å². The summed E-state index contributed by atoms with van der Waals surface area (Å²) in [5.74, 6) is 0.729. The Balaban J connectivity index is 1.85. The Bertz CT molecular complexity index is 614. The first-order valence-electron chi connectivity index (χ1n) is 9.57. The van der Waals surface area contributed by atoms with Gasteiger partial charge in [-0.2, -0.15) is 0 Å². The van der Waals surface area contributed by atoms with Crippen LogP contribution in [0.2, 0.25) is 0 Å². The highest BCUT2D eigenvalue weighted by atomic mass is 79.9. The normalized spacial score (nSPS) is 27.8. The fraction of sp³-hybridized carbons (Fsp3) is 0.667. The number of carbonyl (C=O) groups is 1. The molecule has 3 rings (SSSR count). The molecule has 25 heavy (non-hydrogen) atoms. The first kappa shape index (κ1) is 18.9. The molecule has 2 aliphatic rings. The fourth-order valence-corrected chi connectivity index (χ4v) is 5.00. The zero-order valence-electron chi connectivity index (χ0n) is 15.6. The monoisotopic (exact) mass is 407 g/mol. The zero-order chi connectivity index (χ0) is 18.0. The van der Waals surface area contributed by atoms with E-state index in [2.05, 4.69) is 53.9 Å². The number of piperidine rings is 1. The van der Waals surface area contributed by atoms with Crippen molar-refractivity contribution in [2.75, 3.05) is 20.1 Å². The molecule has 1 aliphatic carbocycles. The number of likely N-dealkylation sites (tertiary alicyclic amines) is 1. The number of nitrogens with zero attached hydrogens (tertiary/aromatic N) is 1. The predicted octanol–water partition coefficient (Wildman–Crippen LogP) is 4.78. The third-order valence-corrected chi connectivity index (χ3v) is 6.80. The molecule has 0 radical (unpaired) electrons. The quantitative estimate of drug-likeness (QED) is 0.672. The van der Waals surface area contributed by atoms with Gasteiger partial charge in [0.15, 0.2) is 0 Å². The van der Waals surface area contributed by atoms with Crippen LogP contribution >= 0.6 is 15.9 Å². The molecule has 3 nitrogen and oxygen atoms in total. The molecule has 1 heterocycles. The number of ether oxygens (including phenoxy) is 1. The number of rotatable bonds is 4. The van der Waals surface area contributed by atoms with Crippen LogP contribution in [0.15, 0.2) is 28.7 Å². The summed E-state index contributed by atoms with van der Waals surface area (Å²) < 4.78 is 7.17. The van der Waals surface area contributed by atoms with Gasteiger partial charge in [-0.1, -0.05) is 47.8 Å². The van der Waals surface area contributed by atoms with Crippen molar-refractivity contribution in [3.63, 3.8) is 0 Å². The Labute approximate surface area is 160 Å². The van der Waals surface area contributed by atoms with E-state index in [0.717, 1.165) is 42.4 Å². The summed E-state index contributed by atoms with van der Waals surface area (Å²) in [4.78, 5) is 15.7. The van der Waals surface area contributed by atoms with E-state index in [1.807, 2.05) is 12.1 Å². The minimum atomic E-state index is -0.552. The van der Waals surface area contributed by atoms with Crippen molar-refractivity contribution in [3.8, 4) is 0 Å². The van der Waals surface area contributed by atoms with Crippen LogP contribution in [-0.2, 0) is 14.9 Å². The van der Waals surface area contributed by atoms with Gasteiger partial charge in [-0.05, 0) is 56.8 Å². The van der Waals surface area contributed by atoms with Gasteiger partial charge in [-0.15, -0.1) is 0 Å². The third kappa shape index (κ3) is 3.95. The van der Waals surface area contributed by atoms with Gasteiger partial charge in [0.05, 0.1) is 5.41 Å². The van der Waals surface area contributed by atoms with E-state index in [0.29, 0.717) is 11.8 Å². The molecule has 3 unspecified atom stereocenters. The molecule has 1 aromatic carbocycles. The largest absolute Gasteiger partial charge is 0.461 e. The Kier molecular flexibility index (Phi) is 5.89. The SMILES string of the molecule is CC1CN(C)CCC1OC(=O)C(C)(c1cccc(Br)c1)C1CCCC1. The summed E-state index contributed by atoms with van der Waals surface area (Å²) in [6.45, 7) is 6.29. The van der Waals surface area contributed by atoms with E-state index < -0.39 is 5.41 Å². The summed E-state index contributed by atoms with van der Waals surface area (Å²) in [7, 11) is 2.14. The first-order chi connectivity index (χ1) is 11.9. The van der Waals surface area contributed by atoms with Crippen molar-refractivity contribution in [2.45, 2.75) is 57.5 Å². The lowest BCUT2D eigenvalue weighted by Crippen LogP contribution is -2.47. The highest BCUT2D eigenvalue weighted by molar-refractivity contribution is 9.10. The molecule has 0 amide bonds. The van der Waals surface area contributed by atoms with Crippen LogP contribution in [0.3, 0.4) is 0 Å². The standard InChI is InChI=1S/C21H30BrNO2/c1-15-14-23(3)12-11-19(15)25-20(24)21(2,16-7-4-5-8-16)17-9-6-10-18(22)13-17/h6,9-10,13,15-16,19H,4-5,7-8,11-12,14H2,1-3H3. The van der Waals surface area contributed by atoms with E-state index in [1.54, 1.807) is 0 Å². The summed E-state index contributed by atoms with van der Waals surface area (Å²) in [6, 6.07) is 8.22. The van der Waals surface area contributed by atoms with Crippen molar-refractivity contribution in [1.29, 1.82) is 0 Å². The zero-order valence-corrected chi connectivity index (χ0v) is 17.2. The molecule has 1 aromatic rings. The van der Waals surface area contributed by atoms with Crippen molar-refractivity contribution >= 4 is 21.9 Å². The third-order valence-electron chi connectivity index (χ3n) is 6.31. The molecule has 1 aliphatic heterocycles. The van der Waals surface area contributed by atoms with E-state index in [1.165, 1.54) is 12.8 Å². The molecular formula is C21H30BrNO2. The molecular weight excluding hydrogens is 378 g/mol. The molecule has 4 heteroatoms. The van der Waals surface area contributed by atoms with Crippen molar-refractivity contribution in [3.05, 3.63) is 34.3 Å². The maximum absolute atomic E-state index is 13.4. The average molecular weight is 408 g/mol. The summed E-state index contributed by atoms with van der Waals surface area (Å²) in [5, 5.41) is 0. The van der Waals surface area contributed by atoms with E-state index in [9.17, 15) is 4.79 Å². The molecule has 2 fully saturated rings. The topological polar surface area (TPSA) is 29.5 Å². The lowest BCUT2D eigenvalue weighted by atomic mass is 9.71. The van der Waals surface area contributed by atoms with Gasteiger partial charge in [0.25, 0.3) is 0 Å². The molecule has 0 spiro atoms. The molecule has 138 valence electrons. The van der Waals surface area contributed by atoms with Gasteiger partial charge in [-0.25, -0.2) is 0 Å². The Morgan fingerprint density at radius 3 is 2.64 bits per heavy atom. The van der Waals surface area contributed by atoms with Crippen LogP contribution in [0.4, 0.5) is 0 Å². The Hall–Kier alpha value is -0.870. The number of carbonyl (C=O) groups excluding carboxylic acids is 1.